The van der Waals surface area contributed by atoms with E-state index in [0.29, 0.717) is 6.42 Å². The van der Waals surface area contributed by atoms with Crippen LogP contribution in [-0.4, -0.2) is 41.9 Å². The number of carbonyl (C=O) groups excluding carboxylic acids is 1. The Bertz CT molecular complexity index is 597. The van der Waals surface area contributed by atoms with Crippen molar-refractivity contribution in [2.75, 3.05) is 20.3 Å². The first-order chi connectivity index (χ1) is 9.88. The molecule has 0 aliphatic carbocycles. The molecule has 1 aromatic rings. The van der Waals surface area contributed by atoms with Crippen molar-refractivity contribution in [2.45, 2.75) is 25.5 Å². The number of aromatic nitrogens is 2. The van der Waals surface area contributed by atoms with Crippen LogP contribution in [0.3, 0.4) is 0 Å². The predicted octanol–water partition coefficient (Wildman–Crippen LogP) is -0.342. The third kappa shape index (κ3) is 5.00. The number of hydrogen-bond donors (Lipinski definition) is 2. The minimum atomic E-state index is -0.634. The molecule has 3 N–H and O–H groups in total. The highest BCUT2D eigenvalue weighted by atomic mass is 35.5. The molecule has 0 saturated heterocycles. The van der Waals surface area contributed by atoms with E-state index in [1.807, 2.05) is 0 Å². The van der Waals surface area contributed by atoms with E-state index in [0.717, 1.165) is 0 Å². The predicted molar refractivity (Wildman–Crippen MR) is 76.5 cm³/mol. The Kier molecular flexibility index (Phi) is 6.60. The number of halogens is 1. The van der Waals surface area contributed by atoms with Gasteiger partial charge in [0, 0.05) is 19.3 Å². The van der Waals surface area contributed by atoms with E-state index in [1.165, 1.54) is 17.9 Å². The number of aromatic amines is 1. The van der Waals surface area contributed by atoms with Gasteiger partial charge >= 0.3 is 11.7 Å². The van der Waals surface area contributed by atoms with E-state index in [2.05, 4.69) is 4.98 Å². The van der Waals surface area contributed by atoms with E-state index >= 15 is 0 Å². The summed E-state index contributed by atoms with van der Waals surface area (Å²) in [6.45, 7) is 1.58. The maximum atomic E-state index is 11.7. The Morgan fingerprint density at radius 2 is 2.19 bits per heavy atom. The number of ether oxygens (including phenoxy) is 2. The topological polar surface area (TPSA) is 116 Å². The molecule has 0 aliphatic rings. The van der Waals surface area contributed by atoms with Gasteiger partial charge in [0.25, 0.3) is 5.56 Å². The van der Waals surface area contributed by atoms with Gasteiger partial charge in [-0.2, -0.15) is 0 Å². The molecule has 0 radical (unpaired) electrons. The lowest BCUT2D eigenvalue weighted by atomic mass is 10.1. The quantitative estimate of drug-likeness (QED) is 0.664. The highest BCUT2D eigenvalue weighted by molar-refractivity contribution is 6.30. The van der Waals surface area contributed by atoms with E-state index in [1.54, 1.807) is 6.92 Å². The Balaban J connectivity index is 2.76. The summed E-state index contributed by atoms with van der Waals surface area (Å²) in [5.41, 5.74) is 3.94. The molecule has 0 aliphatic heterocycles. The van der Waals surface area contributed by atoms with Gasteiger partial charge in [-0.3, -0.25) is 19.1 Å². The lowest BCUT2D eigenvalue weighted by molar-refractivity contribution is -0.145. The smallest absolute Gasteiger partial charge is 0.328 e. The molecule has 1 aromatic heterocycles. The van der Waals surface area contributed by atoms with E-state index < -0.39 is 23.3 Å². The zero-order valence-electron chi connectivity index (χ0n) is 11.8. The van der Waals surface area contributed by atoms with Gasteiger partial charge in [-0.15, -0.1) is 0 Å². The highest BCUT2D eigenvalue weighted by Gasteiger charge is 2.17. The molecule has 2 unspecified atom stereocenters. The third-order valence-electron chi connectivity index (χ3n) is 2.93. The molecular weight excluding hydrogens is 302 g/mol. The Labute approximate surface area is 125 Å². The Morgan fingerprint density at radius 1 is 1.52 bits per heavy atom. The zero-order valence-corrected chi connectivity index (χ0v) is 12.6. The number of rotatable bonds is 7. The molecule has 0 amide bonds. The van der Waals surface area contributed by atoms with Crippen LogP contribution < -0.4 is 17.0 Å². The first-order valence-corrected chi connectivity index (χ1v) is 6.66. The number of nitrogens with zero attached hydrogens (tertiary/aromatic N) is 1. The fourth-order valence-corrected chi connectivity index (χ4v) is 1.91. The molecule has 9 heteroatoms. The first kappa shape index (κ1) is 17.4. The normalized spacial score (nSPS) is 13.7. The monoisotopic (exact) mass is 319 g/mol. The van der Waals surface area contributed by atoms with Crippen molar-refractivity contribution < 1.29 is 14.3 Å². The van der Waals surface area contributed by atoms with E-state index in [4.69, 9.17) is 26.8 Å². The summed E-state index contributed by atoms with van der Waals surface area (Å²) in [5, 5.41) is -0.0787. The van der Waals surface area contributed by atoms with Crippen LogP contribution in [-0.2, 0) is 14.3 Å². The standard InChI is InChI=1S/C12H18ClN3O5/c1-7(3-8(20-2)6-21-10(17)4-14)16-5-9(13)11(18)15-12(16)19/h5,7-8H,3-4,6,14H2,1-2H3,(H,15,18,19). The lowest BCUT2D eigenvalue weighted by Gasteiger charge is -2.21. The van der Waals surface area contributed by atoms with Crippen molar-refractivity contribution in [3.8, 4) is 0 Å². The average molecular weight is 320 g/mol. The van der Waals surface area contributed by atoms with Crippen molar-refractivity contribution in [1.82, 2.24) is 9.55 Å². The first-order valence-electron chi connectivity index (χ1n) is 6.28. The molecule has 0 fully saturated rings. The van der Waals surface area contributed by atoms with Crippen LogP contribution in [0, 0.1) is 0 Å². The molecule has 1 heterocycles. The molecule has 0 aromatic carbocycles. The summed E-state index contributed by atoms with van der Waals surface area (Å²) in [6.07, 6.45) is 1.25. The van der Waals surface area contributed by atoms with Crippen LogP contribution >= 0.6 is 11.6 Å². The van der Waals surface area contributed by atoms with Gasteiger partial charge in [0.15, 0.2) is 0 Å². The summed E-state index contributed by atoms with van der Waals surface area (Å²) in [5.74, 6) is -0.533. The Morgan fingerprint density at radius 3 is 2.76 bits per heavy atom. The lowest BCUT2D eigenvalue weighted by Crippen LogP contribution is -2.34. The minimum Gasteiger partial charge on any atom is -0.462 e. The molecule has 0 spiro atoms. The van der Waals surface area contributed by atoms with Gasteiger partial charge in [0.2, 0.25) is 0 Å². The van der Waals surface area contributed by atoms with Gasteiger partial charge in [-0.05, 0) is 13.3 Å². The van der Waals surface area contributed by atoms with E-state index in [9.17, 15) is 14.4 Å². The highest BCUT2D eigenvalue weighted by Crippen LogP contribution is 2.14. The largest absolute Gasteiger partial charge is 0.462 e. The van der Waals surface area contributed by atoms with Crippen molar-refractivity contribution in [3.05, 3.63) is 32.1 Å². The number of esters is 1. The number of H-pyrrole nitrogens is 1. The molecule has 2 atom stereocenters. The number of methoxy groups -OCH3 is 1. The van der Waals surface area contributed by atoms with Gasteiger partial charge in [0.05, 0.1) is 12.6 Å². The van der Waals surface area contributed by atoms with Crippen molar-refractivity contribution in [1.29, 1.82) is 0 Å². The molecule has 0 saturated carbocycles. The second-order valence-corrected chi connectivity index (χ2v) is 4.88. The Hall–Kier alpha value is -1.64. The summed E-state index contributed by atoms with van der Waals surface area (Å²) in [7, 11) is 1.47. The van der Waals surface area contributed by atoms with Crippen LogP contribution in [0.4, 0.5) is 0 Å². The van der Waals surface area contributed by atoms with Crippen molar-refractivity contribution >= 4 is 17.6 Å². The van der Waals surface area contributed by atoms with Crippen LogP contribution in [0.15, 0.2) is 15.8 Å². The third-order valence-corrected chi connectivity index (χ3v) is 3.20. The van der Waals surface area contributed by atoms with Crippen LogP contribution in [0.5, 0.6) is 0 Å². The van der Waals surface area contributed by atoms with Crippen molar-refractivity contribution in [3.63, 3.8) is 0 Å². The van der Waals surface area contributed by atoms with Crippen LogP contribution in [0.1, 0.15) is 19.4 Å². The summed E-state index contributed by atoms with van der Waals surface area (Å²) in [6, 6.07) is -0.312. The van der Waals surface area contributed by atoms with Gasteiger partial charge in [-0.1, -0.05) is 11.6 Å². The molecule has 21 heavy (non-hydrogen) atoms. The average Bonchev–Trinajstić information content (AvgIpc) is 2.46. The van der Waals surface area contributed by atoms with Crippen molar-refractivity contribution in [2.24, 2.45) is 5.73 Å². The number of carbonyl (C=O) groups is 1. The fraction of sp³-hybridized carbons (Fsp3) is 0.583. The molecule has 118 valence electrons. The van der Waals surface area contributed by atoms with Gasteiger partial charge < -0.3 is 15.2 Å². The van der Waals surface area contributed by atoms with Crippen LogP contribution in [0.2, 0.25) is 5.02 Å². The summed E-state index contributed by atoms with van der Waals surface area (Å²) < 4.78 is 11.4. The summed E-state index contributed by atoms with van der Waals surface area (Å²) >= 11 is 5.70. The number of nitrogens with two attached hydrogens (primary N) is 1. The molecule has 0 bridgehead atoms. The maximum absolute atomic E-state index is 11.7. The molecule has 8 nitrogen and oxygen atoms in total. The maximum Gasteiger partial charge on any atom is 0.328 e. The second kappa shape index (κ2) is 7.96. The van der Waals surface area contributed by atoms with Gasteiger partial charge in [-0.25, -0.2) is 4.79 Å². The van der Waals surface area contributed by atoms with E-state index in [-0.39, 0.29) is 24.2 Å². The number of nitrogens with one attached hydrogen (secondary N) is 1. The van der Waals surface area contributed by atoms with Crippen LogP contribution in [0.25, 0.3) is 0 Å². The summed E-state index contributed by atoms with van der Waals surface area (Å²) in [4.78, 5) is 36.1. The van der Waals surface area contributed by atoms with Gasteiger partial charge in [0.1, 0.15) is 11.6 Å². The molecular formula is C12H18ClN3O5. The minimum absolute atomic E-state index is 0.0305. The SMILES string of the molecule is COC(COC(=O)CN)CC(C)n1cc(Cl)c(=O)[nH]c1=O. The second-order valence-electron chi connectivity index (χ2n) is 4.47. The fourth-order valence-electron chi connectivity index (χ4n) is 1.76. The zero-order chi connectivity index (χ0) is 16.0. The molecule has 1 rings (SSSR count). The number of hydrogen-bond acceptors (Lipinski definition) is 6.